The fourth-order valence-electron chi connectivity index (χ4n) is 6.43. The molecule has 2 atom stereocenters. The summed E-state index contributed by atoms with van der Waals surface area (Å²) in [6, 6.07) is 6.72. The van der Waals surface area contributed by atoms with Crippen molar-refractivity contribution in [2.75, 3.05) is 33.4 Å². The molecule has 0 radical (unpaired) electrons. The van der Waals surface area contributed by atoms with E-state index in [4.69, 9.17) is 14.2 Å². The second-order valence-electron chi connectivity index (χ2n) is 9.49. The van der Waals surface area contributed by atoms with Gasteiger partial charge in [-0.2, -0.15) is 0 Å². The van der Waals surface area contributed by atoms with E-state index in [2.05, 4.69) is 42.8 Å². The Kier molecular flexibility index (Phi) is 3.97. The molecule has 0 bridgehead atoms. The molecule has 1 aromatic rings. The van der Waals surface area contributed by atoms with Gasteiger partial charge >= 0.3 is 0 Å². The van der Waals surface area contributed by atoms with Crippen molar-refractivity contribution in [3.05, 3.63) is 29.3 Å². The van der Waals surface area contributed by atoms with Gasteiger partial charge in [-0.15, -0.1) is 0 Å². The average molecular weight is 371 g/mol. The van der Waals surface area contributed by atoms with Crippen molar-refractivity contribution in [2.45, 2.75) is 57.2 Å². The lowest BCUT2D eigenvalue weighted by atomic mass is 9.53. The first-order valence-electron chi connectivity index (χ1n) is 10.6. The molecule has 5 rings (SSSR count). The Balaban J connectivity index is 1.63. The normalized spacial score (nSPS) is 33.6. The SMILES string of the molecule is COc1ccc2c(c1)C13CC[N+](CC(C)C)=CC1(CCC1(C3)OCCO1)C2. The highest BCUT2D eigenvalue weighted by atomic mass is 16.7. The predicted octanol–water partition coefficient (Wildman–Crippen LogP) is 3.55. The standard InChI is InChI=1S/C23H32NO3/c1-17(2)14-24-9-8-22-15-23(26-10-11-27-23)7-6-21(22,16-24)13-18-4-5-19(25-3)12-20(18)22/h4-5,12,16-17H,6-11,13-15H2,1-3H3/q+1. The van der Waals surface area contributed by atoms with Crippen LogP contribution in [0.5, 0.6) is 5.75 Å². The molecule has 2 heterocycles. The fourth-order valence-corrected chi connectivity index (χ4v) is 6.43. The second-order valence-corrected chi connectivity index (χ2v) is 9.49. The highest BCUT2D eigenvalue weighted by Crippen LogP contribution is 2.64. The van der Waals surface area contributed by atoms with Crippen LogP contribution < -0.4 is 4.74 Å². The average Bonchev–Trinajstić information content (AvgIpc) is 3.21. The quantitative estimate of drug-likeness (QED) is 0.763. The number of fused-ring (bicyclic) bond motifs is 1. The van der Waals surface area contributed by atoms with Gasteiger partial charge in [0.1, 0.15) is 25.1 Å². The second kappa shape index (κ2) is 6.05. The Morgan fingerprint density at radius 2 is 1.96 bits per heavy atom. The summed E-state index contributed by atoms with van der Waals surface area (Å²) in [6.07, 6.45) is 8.04. The maximum absolute atomic E-state index is 6.21. The van der Waals surface area contributed by atoms with E-state index in [0.29, 0.717) is 5.92 Å². The van der Waals surface area contributed by atoms with Gasteiger partial charge in [-0.3, -0.25) is 0 Å². The third-order valence-corrected chi connectivity index (χ3v) is 7.48. The third-order valence-electron chi connectivity index (χ3n) is 7.48. The van der Waals surface area contributed by atoms with E-state index in [-0.39, 0.29) is 16.6 Å². The highest BCUT2D eigenvalue weighted by molar-refractivity contribution is 5.71. The molecule has 1 saturated heterocycles. The van der Waals surface area contributed by atoms with E-state index >= 15 is 0 Å². The van der Waals surface area contributed by atoms with Crippen LogP contribution in [0.1, 0.15) is 50.7 Å². The minimum atomic E-state index is -0.373. The summed E-state index contributed by atoms with van der Waals surface area (Å²) < 4.78 is 20.6. The number of rotatable bonds is 3. The Morgan fingerprint density at radius 3 is 2.70 bits per heavy atom. The molecule has 4 heteroatoms. The first-order chi connectivity index (χ1) is 13.0. The summed E-state index contributed by atoms with van der Waals surface area (Å²) in [6.45, 7) is 8.37. The number of hydrogen-bond donors (Lipinski definition) is 0. The molecule has 0 amide bonds. The van der Waals surface area contributed by atoms with Crippen LogP contribution in [0.3, 0.4) is 0 Å². The molecular weight excluding hydrogens is 338 g/mol. The molecule has 2 unspecified atom stereocenters. The zero-order valence-corrected chi connectivity index (χ0v) is 16.9. The van der Waals surface area contributed by atoms with Gasteiger partial charge in [0.15, 0.2) is 5.79 Å². The minimum Gasteiger partial charge on any atom is -0.497 e. The number of methoxy groups -OCH3 is 1. The molecular formula is C23H32NO3+. The van der Waals surface area contributed by atoms with Gasteiger partial charge in [0, 0.05) is 30.6 Å². The molecule has 2 aliphatic heterocycles. The molecule has 146 valence electrons. The summed E-state index contributed by atoms with van der Waals surface area (Å²) in [5, 5.41) is 0. The zero-order valence-electron chi connectivity index (χ0n) is 16.9. The Bertz CT molecular complexity index is 780. The molecule has 4 aliphatic rings. The Morgan fingerprint density at radius 1 is 1.15 bits per heavy atom. The van der Waals surface area contributed by atoms with Crippen LogP contribution in [0, 0.1) is 11.3 Å². The van der Waals surface area contributed by atoms with Crippen LogP contribution in [0.25, 0.3) is 0 Å². The third kappa shape index (κ3) is 2.52. The lowest BCUT2D eigenvalue weighted by molar-refractivity contribution is -0.542. The van der Waals surface area contributed by atoms with Crippen molar-refractivity contribution in [2.24, 2.45) is 11.3 Å². The van der Waals surface area contributed by atoms with E-state index in [1.807, 2.05) is 0 Å². The lowest BCUT2D eigenvalue weighted by Gasteiger charge is -2.53. The maximum Gasteiger partial charge on any atom is 0.169 e. The van der Waals surface area contributed by atoms with Crippen LogP contribution in [0.15, 0.2) is 18.2 Å². The molecule has 27 heavy (non-hydrogen) atoms. The molecule has 2 fully saturated rings. The van der Waals surface area contributed by atoms with Gasteiger partial charge in [0.2, 0.25) is 0 Å². The summed E-state index contributed by atoms with van der Waals surface area (Å²) >= 11 is 0. The number of benzene rings is 1. The van der Waals surface area contributed by atoms with Crippen molar-refractivity contribution >= 4 is 6.21 Å². The molecule has 0 aromatic heterocycles. The highest BCUT2D eigenvalue weighted by Gasteiger charge is 2.67. The summed E-state index contributed by atoms with van der Waals surface area (Å²) in [5.41, 5.74) is 3.27. The van der Waals surface area contributed by atoms with Crippen LogP contribution in [-0.4, -0.2) is 50.0 Å². The van der Waals surface area contributed by atoms with Gasteiger partial charge in [-0.25, -0.2) is 4.58 Å². The maximum atomic E-state index is 6.21. The molecule has 0 N–H and O–H groups in total. The first kappa shape index (κ1) is 17.7. The van der Waals surface area contributed by atoms with E-state index in [0.717, 1.165) is 57.7 Å². The molecule has 1 saturated carbocycles. The van der Waals surface area contributed by atoms with Crippen LogP contribution in [0.4, 0.5) is 0 Å². The fraction of sp³-hybridized carbons (Fsp3) is 0.696. The Labute approximate surface area is 162 Å². The van der Waals surface area contributed by atoms with Crippen LogP contribution in [0.2, 0.25) is 0 Å². The molecule has 1 aromatic carbocycles. The van der Waals surface area contributed by atoms with Crippen molar-refractivity contribution in [3.8, 4) is 5.75 Å². The van der Waals surface area contributed by atoms with Crippen molar-refractivity contribution in [1.29, 1.82) is 0 Å². The number of hydrogen-bond acceptors (Lipinski definition) is 3. The van der Waals surface area contributed by atoms with E-state index in [1.165, 1.54) is 17.5 Å². The van der Waals surface area contributed by atoms with E-state index < -0.39 is 0 Å². The van der Waals surface area contributed by atoms with Gasteiger partial charge in [0.25, 0.3) is 0 Å². The molecule has 1 spiro atoms. The largest absolute Gasteiger partial charge is 0.497 e. The summed E-state index contributed by atoms with van der Waals surface area (Å²) in [7, 11) is 1.77. The van der Waals surface area contributed by atoms with Gasteiger partial charge < -0.3 is 14.2 Å². The van der Waals surface area contributed by atoms with Gasteiger partial charge in [0.05, 0.1) is 25.7 Å². The number of ether oxygens (including phenoxy) is 3. The van der Waals surface area contributed by atoms with Crippen molar-refractivity contribution < 1.29 is 18.8 Å². The lowest BCUT2D eigenvalue weighted by Crippen LogP contribution is -2.59. The van der Waals surface area contributed by atoms with E-state index in [1.54, 1.807) is 7.11 Å². The zero-order chi connectivity index (χ0) is 18.7. The Hall–Kier alpha value is -1.39. The van der Waals surface area contributed by atoms with Crippen molar-refractivity contribution in [1.82, 2.24) is 0 Å². The smallest absolute Gasteiger partial charge is 0.169 e. The molecule has 2 aliphatic carbocycles. The van der Waals surface area contributed by atoms with Gasteiger partial charge in [-0.05, 0) is 36.1 Å². The van der Waals surface area contributed by atoms with Crippen LogP contribution >= 0.6 is 0 Å². The van der Waals surface area contributed by atoms with Gasteiger partial charge in [-0.1, -0.05) is 19.9 Å². The predicted molar refractivity (Wildman–Crippen MR) is 105 cm³/mol. The van der Waals surface area contributed by atoms with E-state index in [9.17, 15) is 0 Å². The molecule has 4 nitrogen and oxygen atoms in total. The van der Waals surface area contributed by atoms with Crippen molar-refractivity contribution in [3.63, 3.8) is 0 Å². The van der Waals surface area contributed by atoms with Crippen LogP contribution in [-0.2, 0) is 21.3 Å². The summed E-state index contributed by atoms with van der Waals surface area (Å²) in [5.74, 6) is 1.28. The minimum absolute atomic E-state index is 0.104. The topological polar surface area (TPSA) is 30.7 Å². The monoisotopic (exact) mass is 370 g/mol. The summed E-state index contributed by atoms with van der Waals surface area (Å²) in [4.78, 5) is 0. The first-order valence-corrected chi connectivity index (χ1v) is 10.6. The number of nitrogens with zero attached hydrogens (tertiary/aromatic N) is 1.